The summed E-state index contributed by atoms with van der Waals surface area (Å²) in [4.78, 5) is 14.4. The molecule has 0 unspecified atom stereocenters. The highest BCUT2D eigenvalue weighted by molar-refractivity contribution is 5.86. The average Bonchev–Trinajstić information content (AvgIpc) is 3.26. The highest BCUT2D eigenvalue weighted by atomic mass is 16.8. The zero-order valence-electron chi connectivity index (χ0n) is 16.2. The molecule has 0 amide bonds. The van der Waals surface area contributed by atoms with Gasteiger partial charge in [0, 0.05) is 6.04 Å². The number of carbonyl (C=O) groups excluding carboxylic acids is 1. The van der Waals surface area contributed by atoms with Gasteiger partial charge in [-0.25, -0.2) is 4.79 Å². The number of aliphatic hydroxyl groups is 1. The van der Waals surface area contributed by atoms with Gasteiger partial charge >= 0.3 is 5.97 Å². The fourth-order valence-corrected chi connectivity index (χ4v) is 4.14. The number of likely N-dealkylation sites (tertiary alicyclic amines) is 1. The molecule has 0 aliphatic carbocycles. The summed E-state index contributed by atoms with van der Waals surface area (Å²) in [6, 6.07) is 3.31. The summed E-state index contributed by atoms with van der Waals surface area (Å²) in [6.45, 7) is 5.66. The van der Waals surface area contributed by atoms with E-state index in [-0.39, 0.29) is 18.4 Å². The summed E-state index contributed by atoms with van der Waals surface area (Å²) >= 11 is 0. The largest absolute Gasteiger partial charge is 0.457 e. The van der Waals surface area contributed by atoms with Crippen molar-refractivity contribution in [2.24, 2.45) is 5.73 Å². The number of nitrogens with two attached hydrogens (primary N) is 1. The van der Waals surface area contributed by atoms with E-state index in [2.05, 4.69) is 4.90 Å². The number of esters is 1. The van der Waals surface area contributed by atoms with E-state index in [1.165, 1.54) is 12.3 Å². The maximum atomic E-state index is 12.2. The lowest BCUT2D eigenvalue weighted by Crippen LogP contribution is -2.64. The molecule has 3 N–H and O–H groups in total. The molecule has 0 saturated carbocycles. The molecule has 9 heteroatoms. The van der Waals surface area contributed by atoms with Crippen LogP contribution in [0.2, 0.25) is 0 Å². The minimum Gasteiger partial charge on any atom is -0.457 e. The van der Waals surface area contributed by atoms with Crippen LogP contribution in [0.4, 0.5) is 0 Å². The minimum absolute atomic E-state index is 0.00307. The molecule has 3 saturated heterocycles. The van der Waals surface area contributed by atoms with Gasteiger partial charge in [-0.15, -0.1) is 0 Å². The summed E-state index contributed by atoms with van der Waals surface area (Å²) in [5.41, 5.74) is 6.00. The molecular weight excluding hydrogens is 368 g/mol. The predicted octanol–water partition coefficient (Wildman–Crippen LogP) is 0.467. The van der Waals surface area contributed by atoms with Gasteiger partial charge in [-0.1, -0.05) is 0 Å². The lowest BCUT2D eigenvalue weighted by Gasteiger charge is -2.45. The molecule has 4 rings (SSSR count). The molecule has 4 atom stereocenters. The normalized spacial score (nSPS) is 36.2. The first kappa shape index (κ1) is 19.8. The van der Waals surface area contributed by atoms with E-state index in [0.29, 0.717) is 6.54 Å². The Labute approximate surface area is 163 Å². The molecule has 0 aromatic carbocycles. The van der Waals surface area contributed by atoms with Gasteiger partial charge in [0.1, 0.15) is 12.2 Å². The Bertz CT molecular complexity index is 686. The van der Waals surface area contributed by atoms with Crippen LogP contribution in [0.1, 0.15) is 37.2 Å². The van der Waals surface area contributed by atoms with Crippen molar-refractivity contribution >= 4 is 5.97 Å². The maximum Gasteiger partial charge on any atom is 0.374 e. The van der Waals surface area contributed by atoms with E-state index in [4.69, 9.17) is 29.1 Å². The third kappa shape index (κ3) is 3.83. The van der Waals surface area contributed by atoms with Crippen molar-refractivity contribution in [1.29, 1.82) is 0 Å². The highest BCUT2D eigenvalue weighted by Crippen LogP contribution is 2.43. The zero-order chi connectivity index (χ0) is 19.9. The van der Waals surface area contributed by atoms with Crippen molar-refractivity contribution in [2.45, 2.75) is 62.6 Å². The Morgan fingerprint density at radius 1 is 1.39 bits per heavy atom. The molecule has 3 aliphatic heterocycles. The monoisotopic (exact) mass is 396 g/mol. The van der Waals surface area contributed by atoms with Crippen molar-refractivity contribution in [2.75, 3.05) is 26.2 Å². The van der Waals surface area contributed by atoms with E-state index in [1.54, 1.807) is 19.9 Å². The molecule has 156 valence electrons. The molecule has 1 aromatic rings. The molecular formula is C19H28N2O7. The van der Waals surface area contributed by atoms with Crippen LogP contribution in [0.25, 0.3) is 0 Å². The average molecular weight is 396 g/mol. The molecule has 3 fully saturated rings. The van der Waals surface area contributed by atoms with Gasteiger partial charge in [-0.05, 0) is 51.9 Å². The summed E-state index contributed by atoms with van der Waals surface area (Å²) in [5, 5.41) is 10.9. The molecule has 28 heavy (non-hydrogen) atoms. The van der Waals surface area contributed by atoms with Crippen molar-refractivity contribution < 1.29 is 33.3 Å². The third-order valence-corrected chi connectivity index (χ3v) is 5.50. The van der Waals surface area contributed by atoms with Crippen LogP contribution >= 0.6 is 0 Å². The number of aliphatic hydroxyl groups excluding tert-OH is 1. The Balaban J connectivity index is 1.48. The maximum absolute atomic E-state index is 12.2. The van der Waals surface area contributed by atoms with Gasteiger partial charge in [0.2, 0.25) is 11.5 Å². The first-order chi connectivity index (χ1) is 13.3. The fourth-order valence-electron chi connectivity index (χ4n) is 4.14. The summed E-state index contributed by atoms with van der Waals surface area (Å²) in [7, 11) is 0. The lowest BCUT2D eigenvalue weighted by atomic mass is 9.95. The SMILES string of the molecule is CC1(C)O[C@H]2[C@H](O)[C@H](OC(=O)c3ccco3)CO[C@@]2(CN2CCC(N)CC2)O1. The first-order valence-electron chi connectivity index (χ1n) is 9.70. The zero-order valence-corrected chi connectivity index (χ0v) is 16.2. The number of nitrogens with zero attached hydrogens (tertiary/aromatic N) is 1. The molecule has 4 heterocycles. The van der Waals surface area contributed by atoms with E-state index < -0.39 is 35.9 Å². The van der Waals surface area contributed by atoms with E-state index >= 15 is 0 Å². The van der Waals surface area contributed by atoms with E-state index in [1.807, 2.05) is 0 Å². The van der Waals surface area contributed by atoms with Gasteiger partial charge in [0.05, 0.1) is 19.4 Å². The van der Waals surface area contributed by atoms with Crippen LogP contribution in [0, 0.1) is 0 Å². The second-order valence-corrected chi connectivity index (χ2v) is 8.19. The number of furan rings is 1. The standard InChI is InChI=1S/C19H28N2O7/c1-18(2)27-16-15(22)14(26-17(23)13-4-3-9-24-13)10-25-19(16,28-18)11-21-7-5-12(20)6-8-21/h3-4,9,12,14-16,22H,5-8,10-11,20H2,1-2H3/t14-,15-,16+,19+/m1/s1. The van der Waals surface area contributed by atoms with Gasteiger partial charge in [0.25, 0.3) is 0 Å². The Morgan fingerprint density at radius 2 is 2.14 bits per heavy atom. The number of carbonyl (C=O) groups is 1. The van der Waals surface area contributed by atoms with E-state index in [9.17, 15) is 9.90 Å². The van der Waals surface area contributed by atoms with Crippen molar-refractivity contribution in [3.05, 3.63) is 24.2 Å². The van der Waals surface area contributed by atoms with Gasteiger partial charge < -0.3 is 34.2 Å². The van der Waals surface area contributed by atoms with Crippen LogP contribution in [0.3, 0.4) is 0 Å². The van der Waals surface area contributed by atoms with Crippen molar-refractivity contribution in [3.8, 4) is 0 Å². The second kappa shape index (κ2) is 7.40. The Morgan fingerprint density at radius 3 is 2.82 bits per heavy atom. The molecule has 0 radical (unpaired) electrons. The van der Waals surface area contributed by atoms with Gasteiger partial charge in [0.15, 0.2) is 11.9 Å². The molecule has 0 spiro atoms. The quantitative estimate of drug-likeness (QED) is 0.700. The van der Waals surface area contributed by atoms with Crippen LogP contribution < -0.4 is 5.73 Å². The van der Waals surface area contributed by atoms with Crippen molar-refractivity contribution in [1.82, 2.24) is 4.90 Å². The van der Waals surface area contributed by atoms with Crippen molar-refractivity contribution in [3.63, 3.8) is 0 Å². The van der Waals surface area contributed by atoms with Crippen LogP contribution in [0.5, 0.6) is 0 Å². The Hall–Kier alpha value is -1.49. The highest BCUT2D eigenvalue weighted by Gasteiger charge is 2.62. The minimum atomic E-state index is -1.13. The Kier molecular flexibility index (Phi) is 5.24. The number of fused-ring (bicyclic) bond motifs is 1. The number of hydrogen-bond acceptors (Lipinski definition) is 9. The number of rotatable bonds is 4. The fraction of sp³-hybridized carbons (Fsp3) is 0.737. The summed E-state index contributed by atoms with van der Waals surface area (Å²) < 4.78 is 28.6. The summed E-state index contributed by atoms with van der Waals surface area (Å²) in [5.74, 6) is -2.65. The topological polar surface area (TPSA) is 117 Å². The summed E-state index contributed by atoms with van der Waals surface area (Å²) in [6.07, 6.45) is 0.412. The number of ether oxygens (including phenoxy) is 4. The molecule has 1 aromatic heterocycles. The third-order valence-electron chi connectivity index (χ3n) is 5.50. The number of hydrogen-bond donors (Lipinski definition) is 2. The van der Waals surface area contributed by atoms with E-state index in [0.717, 1.165) is 25.9 Å². The smallest absolute Gasteiger partial charge is 0.374 e. The number of piperidine rings is 1. The lowest BCUT2D eigenvalue weighted by molar-refractivity contribution is -0.297. The van der Waals surface area contributed by atoms with Crippen LogP contribution in [-0.2, 0) is 18.9 Å². The molecule has 9 nitrogen and oxygen atoms in total. The second-order valence-electron chi connectivity index (χ2n) is 8.19. The molecule has 3 aliphatic rings. The predicted molar refractivity (Wildman–Crippen MR) is 96.3 cm³/mol. The van der Waals surface area contributed by atoms with Gasteiger partial charge in [-0.3, -0.25) is 4.90 Å². The van der Waals surface area contributed by atoms with Crippen LogP contribution in [-0.4, -0.2) is 78.1 Å². The first-order valence-corrected chi connectivity index (χ1v) is 9.70. The van der Waals surface area contributed by atoms with Gasteiger partial charge in [-0.2, -0.15) is 0 Å². The van der Waals surface area contributed by atoms with Crippen LogP contribution in [0.15, 0.2) is 22.8 Å². The molecule has 0 bridgehead atoms.